The topological polar surface area (TPSA) is 61.6 Å². The molecule has 0 radical (unpaired) electrons. The molecule has 0 bridgehead atoms. The van der Waals surface area contributed by atoms with E-state index in [-0.39, 0.29) is 0 Å². The highest BCUT2D eigenvalue weighted by molar-refractivity contribution is 5.37. The largest absolute Gasteiger partial charge is 0.354 e. The van der Waals surface area contributed by atoms with Crippen molar-refractivity contribution < 1.29 is 0 Å². The van der Waals surface area contributed by atoms with E-state index in [1.807, 2.05) is 6.07 Å². The van der Waals surface area contributed by atoms with E-state index in [0.717, 1.165) is 31.0 Å². The lowest BCUT2D eigenvalue weighted by Crippen LogP contribution is -2.31. The summed E-state index contributed by atoms with van der Waals surface area (Å²) < 4.78 is 0. The lowest BCUT2D eigenvalue weighted by molar-refractivity contribution is 0.107. The monoisotopic (exact) mass is 362 g/mol. The quantitative estimate of drug-likeness (QED) is 0.785. The van der Waals surface area contributed by atoms with E-state index in [4.69, 9.17) is 4.98 Å². The Hall–Kier alpha value is -2.41. The number of nitrogens with one attached hydrogen (secondary N) is 1. The summed E-state index contributed by atoms with van der Waals surface area (Å²) in [5, 5.41) is 12.8. The molecule has 1 N–H and O–H groups in total. The van der Waals surface area contributed by atoms with Gasteiger partial charge in [0, 0.05) is 6.54 Å². The highest BCUT2D eigenvalue weighted by Gasteiger charge is 2.34. The average Bonchev–Trinajstić information content (AvgIpc) is 2.66. The molecule has 4 heteroatoms. The Morgan fingerprint density at radius 1 is 1.22 bits per heavy atom. The highest BCUT2D eigenvalue weighted by atomic mass is 15.1. The van der Waals surface area contributed by atoms with Gasteiger partial charge in [-0.15, -0.1) is 0 Å². The summed E-state index contributed by atoms with van der Waals surface area (Å²) in [6, 6.07) is 12.7. The normalized spacial score (nSPS) is 21.4. The maximum atomic E-state index is 9.46. The number of nitrogens with zero attached hydrogens (tertiary/aromatic N) is 3. The van der Waals surface area contributed by atoms with Gasteiger partial charge in [-0.05, 0) is 54.9 Å². The van der Waals surface area contributed by atoms with Gasteiger partial charge in [-0.1, -0.05) is 51.1 Å². The SMILES string of the molecule is C[C@H]1CC[C@@H](Cc2nc(NCCc3ccccc3)ncc2C#N)CC1(C)C. The van der Waals surface area contributed by atoms with Crippen molar-refractivity contribution in [3.63, 3.8) is 0 Å². The van der Waals surface area contributed by atoms with Crippen LogP contribution in [0.25, 0.3) is 0 Å². The first kappa shape index (κ1) is 19.4. The van der Waals surface area contributed by atoms with E-state index in [1.54, 1.807) is 6.20 Å². The third-order valence-electron chi connectivity index (χ3n) is 6.17. The Bertz CT molecular complexity index is 792. The molecule has 0 unspecified atom stereocenters. The van der Waals surface area contributed by atoms with E-state index in [9.17, 15) is 5.26 Å². The minimum atomic E-state index is 0.361. The van der Waals surface area contributed by atoms with Crippen molar-refractivity contribution in [3.8, 4) is 6.07 Å². The van der Waals surface area contributed by atoms with Gasteiger partial charge in [0.05, 0.1) is 17.5 Å². The predicted octanol–water partition coefficient (Wildman–Crippen LogP) is 5.01. The molecule has 4 nitrogen and oxygen atoms in total. The van der Waals surface area contributed by atoms with E-state index < -0.39 is 0 Å². The molecule has 1 aliphatic rings. The van der Waals surface area contributed by atoms with Gasteiger partial charge in [0.25, 0.3) is 0 Å². The standard InChI is InChI=1S/C23H30N4/c1-17-9-10-19(14-23(17,2)3)13-21-20(15-24)16-26-22(27-21)25-12-11-18-7-5-4-6-8-18/h4-8,16-17,19H,9-14H2,1-3H3,(H,25,26,27)/t17-,19-/m0/s1. The van der Waals surface area contributed by atoms with Crippen LogP contribution < -0.4 is 5.32 Å². The zero-order chi connectivity index (χ0) is 19.3. The number of rotatable bonds is 6. The number of aromatic nitrogens is 2. The zero-order valence-corrected chi connectivity index (χ0v) is 16.7. The van der Waals surface area contributed by atoms with Gasteiger partial charge in [-0.25, -0.2) is 9.97 Å². The van der Waals surface area contributed by atoms with Crippen molar-refractivity contribution in [1.82, 2.24) is 9.97 Å². The number of hydrogen-bond donors (Lipinski definition) is 1. The molecule has 27 heavy (non-hydrogen) atoms. The molecule has 1 aromatic heterocycles. The van der Waals surface area contributed by atoms with Crippen LogP contribution in [-0.4, -0.2) is 16.5 Å². The van der Waals surface area contributed by atoms with Crippen molar-refractivity contribution in [2.24, 2.45) is 17.3 Å². The molecule has 1 aromatic carbocycles. The van der Waals surface area contributed by atoms with E-state index in [1.165, 1.54) is 24.8 Å². The van der Waals surface area contributed by atoms with Crippen LogP contribution in [0.2, 0.25) is 0 Å². The van der Waals surface area contributed by atoms with Crippen LogP contribution >= 0.6 is 0 Å². The zero-order valence-electron chi connectivity index (χ0n) is 16.7. The van der Waals surface area contributed by atoms with Gasteiger partial charge in [0.2, 0.25) is 5.95 Å². The van der Waals surface area contributed by atoms with Crippen molar-refractivity contribution in [1.29, 1.82) is 5.26 Å². The average molecular weight is 363 g/mol. The molecule has 0 saturated heterocycles. The number of hydrogen-bond acceptors (Lipinski definition) is 4. The molecule has 1 fully saturated rings. The molecule has 2 aromatic rings. The smallest absolute Gasteiger partial charge is 0.222 e. The minimum Gasteiger partial charge on any atom is -0.354 e. The first-order chi connectivity index (χ1) is 13.0. The van der Waals surface area contributed by atoms with Gasteiger partial charge in [-0.3, -0.25) is 0 Å². The maximum absolute atomic E-state index is 9.46. The van der Waals surface area contributed by atoms with Crippen LogP contribution in [-0.2, 0) is 12.8 Å². The van der Waals surface area contributed by atoms with Crippen LogP contribution in [0, 0.1) is 28.6 Å². The van der Waals surface area contributed by atoms with E-state index >= 15 is 0 Å². The molecular formula is C23H30N4. The van der Waals surface area contributed by atoms with E-state index in [2.05, 4.69) is 61.4 Å². The predicted molar refractivity (Wildman–Crippen MR) is 109 cm³/mol. The molecule has 3 rings (SSSR count). The number of nitriles is 1. The Morgan fingerprint density at radius 3 is 2.70 bits per heavy atom. The van der Waals surface area contributed by atoms with Crippen LogP contribution in [0.3, 0.4) is 0 Å². The Morgan fingerprint density at radius 2 is 2.00 bits per heavy atom. The van der Waals surface area contributed by atoms with Crippen molar-refractivity contribution in [2.75, 3.05) is 11.9 Å². The number of anilines is 1. The minimum absolute atomic E-state index is 0.361. The lowest BCUT2D eigenvalue weighted by Gasteiger charge is -2.40. The third-order valence-corrected chi connectivity index (χ3v) is 6.17. The highest BCUT2D eigenvalue weighted by Crippen LogP contribution is 2.44. The van der Waals surface area contributed by atoms with Crippen LogP contribution in [0.1, 0.15) is 56.9 Å². The molecule has 1 heterocycles. The second-order valence-corrected chi connectivity index (χ2v) is 8.57. The fraction of sp³-hybridized carbons (Fsp3) is 0.522. The summed E-state index contributed by atoms with van der Waals surface area (Å²) in [6.45, 7) is 7.87. The summed E-state index contributed by atoms with van der Waals surface area (Å²) >= 11 is 0. The molecular weight excluding hydrogens is 332 g/mol. The van der Waals surface area contributed by atoms with Crippen LogP contribution in [0.5, 0.6) is 0 Å². The van der Waals surface area contributed by atoms with Crippen molar-refractivity contribution in [2.45, 2.75) is 52.9 Å². The van der Waals surface area contributed by atoms with Crippen molar-refractivity contribution >= 4 is 5.95 Å². The Labute approximate surface area is 163 Å². The molecule has 0 spiro atoms. The van der Waals surface area contributed by atoms with Crippen LogP contribution in [0.4, 0.5) is 5.95 Å². The summed E-state index contributed by atoms with van der Waals surface area (Å²) in [5.74, 6) is 1.98. The third kappa shape index (κ3) is 5.07. The molecule has 1 aliphatic carbocycles. The summed E-state index contributed by atoms with van der Waals surface area (Å²) in [5.41, 5.74) is 3.15. The summed E-state index contributed by atoms with van der Waals surface area (Å²) in [6.07, 6.45) is 7.13. The Balaban J connectivity index is 1.64. The van der Waals surface area contributed by atoms with Crippen LogP contribution in [0.15, 0.2) is 36.5 Å². The van der Waals surface area contributed by atoms with E-state index in [0.29, 0.717) is 22.8 Å². The Kier molecular flexibility index (Phi) is 6.11. The molecule has 1 saturated carbocycles. The second kappa shape index (κ2) is 8.52. The molecule has 2 atom stereocenters. The van der Waals surface area contributed by atoms with Gasteiger partial charge in [0.15, 0.2) is 0 Å². The van der Waals surface area contributed by atoms with Gasteiger partial charge < -0.3 is 5.32 Å². The summed E-state index contributed by atoms with van der Waals surface area (Å²) in [7, 11) is 0. The lowest BCUT2D eigenvalue weighted by atomic mass is 9.65. The van der Waals surface area contributed by atoms with Gasteiger partial charge in [-0.2, -0.15) is 5.26 Å². The maximum Gasteiger partial charge on any atom is 0.222 e. The first-order valence-corrected chi connectivity index (χ1v) is 10.0. The van der Waals surface area contributed by atoms with Crippen molar-refractivity contribution in [3.05, 3.63) is 53.3 Å². The fourth-order valence-corrected chi connectivity index (χ4v) is 4.09. The van der Waals surface area contributed by atoms with Gasteiger partial charge >= 0.3 is 0 Å². The second-order valence-electron chi connectivity index (χ2n) is 8.57. The summed E-state index contributed by atoms with van der Waals surface area (Å²) in [4.78, 5) is 9.02. The number of benzene rings is 1. The molecule has 142 valence electrons. The fourth-order valence-electron chi connectivity index (χ4n) is 4.09. The van der Waals surface area contributed by atoms with Gasteiger partial charge in [0.1, 0.15) is 6.07 Å². The molecule has 0 amide bonds. The first-order valence-electron chi connectivity index (χ1n) is 10.0. The molecule has 0 aliphatic heterocycles.